The molecule has 0 bridgehead atoms. The summed E-state index contributed by atoms with van der Waals surface area (Å²) in [6.45, 7) is 1.70. The predicted octanol–water partition coefficient (Wildman–Crippen LogP) is 1.04. The van der Waals surface area contributed by atoms with Crippen molar-refractivity contribution in [2.45, 2.75) is 19.4 Å². The number of hydrogen-bond acceptors (Lipinski definition) is 3. The van der Waals surface area contributed by atoms with Crippen LogP contribution in [-0.2, 0) is 11.3 Å². The Labute approximate surface area is 96.7 Å². The zero-order chi connectivity index (χ0) is 11.8. The fourth-order valence-electron chi connectivity index (χ4n) is 1.32. The molecule has 1 N–H and O–H groups in total. The van der Waals surface area contributed by atoms with E-state index in [0.29, 0.717) is 6.42 Å². The lowest BCUT2D eigenvalue weighted by Gasteiger charge is -2.10. The summed E-state index contributed by atoms with van der Waals surface area (Å²) in [4.78, 5) is 16.8. The number of nitrogens with one attached hydrogen (secondary N) is 1. The molecule has 1 aromatic heterocycles. The highest BCUT2D eigenvalue weighted by molar-refractivity contribution is 5.75. The quantitative estimate of drug-likeness (QED) is 0.730. The monoisotopic (exact) mass is 221 g/mol. The fourth-order valence-corrected chi connectivity index (χ4v) is 1.32. The number of pyridine rings is 1. The maximum atomic E-state index is 11.3. The van der Waals surface area contributed by atoms with Gasteiger partial charge in [0.2, 0.25) is 5.91 Å². The highest BCUT2D eigenvalue weighted by Gasteiger charge is 2.02. The predicted molar refractivity (Wildman–Crippen MR) is 63.9 cm³/mol. The number of carbonyl (C=O) groups excluding carboxylic acids is 1. The Morgan fingerprint density at radius 2 is 2.06 bits per heavy atom. The van der Waals surface area contributed by atoms with Crippen molar-refractivity contribution >= 4 is 5.91 Å². The number of amides is 1. The van der Waals surface area contributed by atoms with Gasteiger partial charge in [0.15, 0.2) is 0 Å². The van der Waals surface area contributed by atoms with E-state index in [1.807, 2.05) is 12.1 Å². The van der Waals surface area contributed by atoms with Gasteiger partial charge in [0.05, 0.1) is 0 Å². The van der Waals surface area contributed by atoms with Crippen molar-refractivity contribution in [3.05, 3.63) is 30.1 Å². The Morgan fingerprint density at radius 3 is 2.69 bits per heavy atom. The van der Waals surface area contributed by atoms with E-state index in [2.05, 4.69) is 10.3 Å². The summed E-state index contributed by atoms with van der Waals surface area (Å²) in [5.41, 5.74) is 1.22. The molecule has 0 saturated carbocycles. The highest BCUT2D eigenvalue weighted by Crippen LogP contribution is 1.96. The molecular formula is C12H19N3O. The lowest BCUT2D eigenvalue weighted by atomic mass is 10.2. The molecule has 0 unspecified atom stereocenters. The van der Waals surface area contributed by atoms with E-state index in [9.17, 15) is 4.79 Å². The summed E-state index contributed by atoms with van der Waals surface area (Å²) in [5, 5.41) is 3.30. The van der Waals surface area contributed by atoms with E-state index in [4.69, 9.17) is 0 Å². The van der Waals surface area contributed by atoms with Crippen molar-refractivity contribution in [3.8, 4) is 0 Å². The minimum atomic E-state index is 0.186. The van der Waals surface area contributed by atoms with Gasteiger partial charge in [0.25, 0.3) is 0 Å². The second-order valence-electron chi connectivity index (χ2n) is 3.92. The van der Waals surface area contributed by atoms with Crippen molar-refractivity contribution in [3.63, 3.8) is 0 Å². The van der Waals surface area contributed by atoms with Crippen LogP contribution in [0.5, 0.6) is 0 Å². The zero-order valence-corrected chi connectivity index (χ0v) is 9.94. The van der Waals surface area contributed by atoms with E-state index < -0.39 is 0 Å². The first kappa shape index (κ1) is 12.6. The molecule has 4 nitrogen and oxygen atoms in total. The third kappa shape index (κ3) is 4.89. The number of rotatable bonds is 6. The molecular weight excluding hydrogens is 202 g/mol. The molecule has 0 aliphatic heterocycles. The zero-order valence-electron chi connectivity index (χ0n) is 9.94. The molecule has 0 atom stereocenters. The Kier molecular flexibility index (Phi) is 5.50. The van der Waals surface area contributed by atoms with Crippen LogP contribution in [0.4, 0.5) is 0 Å². The van der Waals surface area contributed by atoms with Gasteiger partial charge < -0.3 is 10.2 Å². The van der Waals surface area contributed by atoms with Crippen molar-refractivity contribution in [2.24, 2.45) is 0 Å². The van der Waals surface area contributed by atoms with Gasteiger partial charge in [-0.25, -0.2) is 0 Å². The molecule has 16 heavy (non-hydrogen) atoms. The molecule has 0 aromatic carbocycles. The van der Waals surface area contributed by atoms with E-state index in [0.717, 1.165) is 19.5 Å². The van der Waals surface area contributed by atoms with Crippen molar-refractivity contribution in [2.75, 3.05) is 20.6 Å². The van der Waals surface area contributed by atoms with Crippen LogP contribution in [0.15, 0.2) is 24.5 Å². The van der Waals surface area contributed by atoms with Gasteiger partial charge in [-0.2, -0.15) is 0 Å². The first-order valence-electron chi connectivity index (χ1n) is 5.50. The van der Waals surface area contributed by atoms with Gasteiger partial charge in [-0.3, -0.25) is 9.78 Å². The van der Waals surface area contributed by atoms with Gasteiger partial charge in [0.1, 0.15) is 0 Å². The van der Waals surface area contributed by atoms with Crippen LogP contribution in [0.2, 0.25) is 0 Å². The lowest BCUT2D eigenvalue weighted by molar-refractivity contribution is -0.128. The van der Waals surface area contributed by atoms with Crippen molar-refractivity contribution in [1.29, 1.82) is 0 Å². The van der Waals surface area contributed by atoms with E-state index in [-0.39, 0.29) is 5.91 Å². The molecule has 1 amide bonds. The summed E-state index contributed by atoms with van der Waals surface area (Å²) in [6, 6.07) is 3.97. The molecule has 88 valence electrons. The summed E-state index contributed by atoms with van der Waals surface area (Å²) < 4.78 is 0. The Morgan fingerprint density at radius 1 is 1.38 bits per heavy atom. The van der Waals surface area contributed by atoms with Gasteiger partial charge in [-0.1, -0.05) is 0 Å². The molecule has 1 aromatic rings. The summed E-state index contributed by atoms with van der Waals surface area (Å²) in [7, 11) is 3.57. The molecule has 0 fully saturated rings. The number of carbonyl (C=O) groups is 1. The summed E-state index contributed by atoms with van der Waals surface area (Å²) >= 11 is 0. The summed E-state index contributed by atoms with van der Waals surface area (Å²) in [5.74, 6) is 0.186. The fraction of sp³-hybridized carbons (Fsp3) is 0.500. The first-order valence-corrected chi connectivity index (χ1v) is 5.50. The van der Waals surface area contributed by atoms with Crippen LogP contribution in [-0.4, -0.2) is 36.4 Å². The van der Waals surface area contributed by atoms with E-state index in [1.165, 1.54) is 5.56 Å². The maximum absolute atomic E-state index is 11.3. The van der Waals surface area contributed by atoms with Gasteiger partial charge in [-0.05, 0) is 30.7 Å². The van der Waals surface area contributed by atoms with Crippen LogP contribution < -0.4 is 5.32 Å². The normalized spacial score (nSPS) is 10.1. The van der Waals surface area contributed by atoms with Crippen molar-refractivity contribution in [1.82, 2.24) is 15.2 Å². The smallest absolute Gasteiger partial charge is 0.222 e. The van der Waals surface area contributed by atoms with Crippen LogP contribution in [0.1, 0.15) is 18.4 Å². The number of aromatic nitrogens is 1. The average Bonchev–Trinajstić information content (AvgIpc) is 2.29. The third-order valence-corrected chi connectivity index (χ3v) is 2.32. The lowest BCUT2D eigenvalue weighted by Crippen LogP contribution is -2.23. The van der Waals surface area contributed by atoms with Crippen molar-refractivity contribution < 1.29 is 4.79 Å². The van der Waals surface area contributed by atoms with Crippen LogP contribution >= 0.6 is 0 Å². The SMILES string of the molecule is CN(C)C(=O)CCCNCc1ccncc1. The van der Waals surface area contributed by atoms with E-state index >= 15 is 0 Å². The Balaban J connectivity index is 2.07. The van der Waals surface area contributed by atoms with Crippen LogP contribution in [0.25, 0.3) is 0 Å². The largest absolute Gasteiger partial charge is 0.349 e. The molecule has 0 aliphatic rings. The molecule has 4 heteroatoms. The highest BCUT2D eigenvalue weighted by atomic mass is 16.2. The molecule has 0 radical (unpaired) electrons. The topological polar surface area (TPSA) is 45.2 Å². The van der Waals surface area contributed by atoms with E-state index in [1.54, 1.807) is 31.4 Å². The second kappa shape index (κ2) is 6.95. The third-order valence-electron chi connectivity index (χ3n) is 2.32. The Hall–Kier alpha value is -1.42. The molecule has 0 aliphatic carbocycles. The molecule has 0 spiro atoms. The number of hydrogen-bond donors (Lipinski definition) is 1. The van der Waals surface area contributed by atoms with Crippen LogP contribution in [0.3, 0.4) is 0 Å². The minimum absolute atomic E-state index is 0.186. The van der Waals surface area contributed by atoms with Gasteiger partial charge >= 0.3 is 0 Å². The molecule has 0 saturated heterocycles. The van der Waals surface area contributed by atoms with Gasteiger partial charge in [-0.15, -0.1) is 0 Å². The maximum Gasteiger partial charge on any atom is 0.222 e. The minimum Gasteiger partial charge on any atom is -0.349 e. The average molecular weight is 221 g/mol. The Bertz CT molecular complexity index is 311. The van der Waals surface area contributed by atoms with Gasteiger partial charge in [0, 0.05) is 39.5 Å². The summed E-state index contributed by atoms with van der Waals surface area (Å²) in [6.07, 6.45) is 5.05. The second-order valence-corrected chi connectivity index (χ2v) is 3.92. The molecule has 1 heterocycles. The standard InChI is InChI=1S/C12H19N3O/c1-15(2)12(16)4-3-7-14-10-11-5-8-13-9-6-11/h5-6,8-9,14H,3-4,7,10H2,1-2H3. The van der Waals surface area contributed by atoms with Crippen LogP contribution in [0, 0.1) is 0 Å². The number of nitrogens with zero attached hydrogens (tertiary/aromatic N) is 2. The molecule has 1 rings (SSSR count). The first-order chi connectivity index (χ1) is 7.70.